The van der Waals surface area contributed by atoms with E-state index in [9.17, 15) is 4.79 Å². The van der Waals surface area contributed by atoms with Crippen LogP contribution in [0.2, 0.25) is 10.3 Å². The highest BCUT2D eigenvalue weighted by Crippen LogP contribution is 2.26. The second-order valence-electron chi connectivity index (χ2n) is 3.65. The molecule has 0 spiro atoms. The van der Waals surface area contributed by atoms with Crippen molar-refractivity contribution >= 4 is 29.2 Å². The lowest BCUT2D eigenvalue weighted by Gasteiger charge is -2.09. The van der Waals surface area contributed by atoms with Gasteiger partial charge in [-0.3, -0.25) is 0 Å². The van der Waals surface area contributed by atoms with Gasteiger partial charge in [-0.1, -0.05) is 17.7 Å². The molecule has 1 aromatic heterocycles. The first-order chi connectivity index (χ1) is 9.11. The summed E-state index contributed by atoms with van der Waals surface area (Å²) in [6.45, 7) is 2.04. The molecule has 0 radical (unpaired) electrons. The molecule has 2 rings (SSSR count). The lowest BCUT2D eigenvalue weighted by atomic mass is 10.0. The third kappa shape index (κ3) is 3.22. The molecule has 0 atom stereocenters. The van der Waals surface area contributed by atoms with Crippen LogP contribution in [0.4, 0.5) is 0 Å². The normalized spacial score (nSPS) is 10.3. The van der Waals surface area contributed by atoms with Crippen LogP contribution in [0.5, 0.6) is 0 Å². The fourth-order valence-corrected chi connectivity index (χ4v) is 1.87. The molecular weight excluding hydrogens is 287 g/mol. The average Bonchev–Trinajstić information content (AvgIpc) is 2.40. The van der Waals surface area contributed by atoms with Crippen molar-refractivity contribution < 1.29 is 9.53 Å². The first kappa shape index (κ1) is 13.8. The van der Waals surface area contributed by atoms with Crippen LogP contribution in [0.3, 0.4) is 0 Å². The highest BCUT2D eigenvalue weighted by atomic mass is 35.5. The summed E-state index contributed by atoms with van der Waals surface area (Å²) in [7, 11) is 0. The first-order valence-corrected chi connectivity index (χ1v) is 6.32. The molecule has 2 aromatic rings. The molecule has 6 heteroatoms. The second-order valence-corrected chi connectivity index (χ2v) is 4.43. The summed E-state index contributed by atoms with van der Waals surface area (Å²) < 4.78 is 5.00. The predicted octanol–water partition coefficient (Wildman–Crippen LogP) is 3.63. The van der Waals surface area contributed by atoms with Crippen LogP contribution in [0.15, 0.2) is 30.6 Å². The molecule has 1 aromatic carbocycles. The monoisotopic (exact) mass is 296 g/mol. The van der Waals surface area contributed by atoms with Gasteiger partial charge in [-0.05, 0) is 36.2 Å². The van der Waals surface area contributed by atoms with Gasteiger partial charge in [0.05, 0.1) is 12.2 Å². The zero-order valence-electron chi connectivity index (χ0n) is 10.1. The standard InChI is InChI=1S/C13H10Cl2N2O2/c1-2-19-12(18)11-5-9(14)3-4-10(11)8-6-16-13(15)17-7-8/h3-7H,2H2,1H3. The van der Waals surface area contributed by atoms with Crippen molar-refractivity contribution in [1.29, 1.82) is 0 Å². The number of ether oxygens (including phenoxy) is 1. The Kier molecular flexibility index (Phi) is 4.35. The van der Waals surface area contributed by atoms with Gasteiger partial charge in [0.15, 0.2) is 0 Å². The van der Waals surface area contributed by atoms with Gasteiger partial charge in [0.1, 0.15) is 0 Å². The van der Waals surface area contributed by atoms with Crippen molar-refractivity contribution in [2.24, 2.45) is 0 Å². The predicted molar refractivity (Wildman–Crippen MR) is 73.4 cm³/mol. The number of hydrogen-bond donors (Lipinski definition) is 0. The zero-order chi connectivity index (χ0) is 13.8. The molecule has 0 aliphatic rings. The summed E-state index contributed by atoms with van der Waals surface area (Å²) in [6.07, 6.45) is 3.09. The van der Waals surface area contributed by atoms with Crippen LogP contribution in [0, 0.1) is 0 Å². The maximum atomic E-state index is 11.9. The van der Waals surface area contributed by atoms with E-state index in [4.69, 9.17) is 27.9 Å². The summed E-state index contributed by atoms with van der Waals surface area (Å²) in [4.78, 5) is 19.7. The Balaban J connectivity index is 2.50. The molecule has 0 aliphatic carbocycles. The Morgan fingerprint density at radius 3 is 2.58 bits per heavy atom. The Morgan fingerprint density at radius 1 is 1.26 bits per heavy atom. The Bertz CT molecular complexity index is 600. The highest BCUT2D eigenvalue weighted by molar-refractivity contribution is 6.31. The smallest absolute Gasteiger partial charge is 0.338 e. The fraction of sp³-hybridized carbons (Fsp3) is 0.154. The molecule has 4 nitrogen and oxygen atoms in total. The molecule has 1 heterocycles. The van der Waals surface area contributed by atoms with Crippen molar-refractivity contribution in [2.45, 2.75) is 6.92 Å². The third-order valence-electron chi connectivity index (χ3n) is 2.41. The average molecular weight is 297 g/mol. The van der Waals surface area contributed by atoms with Crippen LogP contribution in [0.1, 0.15) is 17.3 Å². The van der Waals surface area contributed by atoms with Gasteiger partial charge < -0.3 is 4.74 Å². The lowest BCUT2D eigenvalue weighted by molar-refractivity contribution is 0.0527. The molecule has 0 saturated carbocycles. The zero-order valence-corrected chi connectivity index (χ0v) is 11.6. The molecule has 19 heavy (non-hydrogen) atoms. The fourth-order valence-electron chi connectivity index (χ4n) is 1.60. The summed E-state index contributed by atoms with van der Waals surface area (Å²) >= 11 is 11.6. The van der Waals surface area contributed by atoms with Crippen LogP contribution in [-0.4, -0.2) is 22.5 Å². The Hall–Kier alpha value is -1.65. The number of rotatable bonds is 3. The SMILES string of the molecule is CCOC(=O)c1cc(Cl)ccc1-c1cnc(Cl)nc1. The van der Waals surface area contributed by atoms with Gasteiger partial charge in [0.2, 0.25) is 5.28 Å². The van der Waals surface area contributed by atoms with Crippen LogP contribution in [-0.2, 0) is 4.74 Å². The number of carbonyl (C=O) groups is 1. The molecule has 0 fully saturated rings. The van der Waals surface area contributed by atoms with Crippen LogP contribution >= 0.6 is 23.2 Å². The van der Waals surface area contributed by atoms with E-state index in [0.29, 0.717) is 28.3 Å². The minimum atomic E-state index is -0.435. The van der Waals surface area contributed by atoms with Crippen LogP contribution < -0.4 is 0 Å². The number of esters is 1. The van der Waals surface area contributed by atoms with E-state index in [2.05, 4.69) is 9.97 Å². The number of aromatic nitrogens is 2. The van der Waals surface area contributed by atoms with E-state index in [1.165, 1.54) is 0 Å². The maximum absolute atomic E-state index is 11.9. The van der Waals surface area contributed by atoms with E-state index >= 15 is 0 Å². The minimum Gasteiger partial charge on any atom is -0.462 e. The maximum Gasteiger partial charge on any atom is 0.338 e. The highest BCUT2D eigenvalue weighted by Gasteiger charge is 2.15. The van der Waals surface area contributed by atoms with Crippen molar-refractivity contribution in [1.82, 2.24) is 9.97 Å². The number of hydrogen-bond acceptors (Lipinski definition) is 4. The Morgan fingerprint density at radius 2 is 1.95 bits per heavy atom. The van der Waals surface area contributed by atoms with Gasteiger partial charge in [0, 0.05) is 23.0 Å². The van der Waals surface area contributed by atoms with Crippen molar-refractivity contribution in [3.8, 4) is 11.1 Å². The van der Waals surface area contributed by atoms with Crippen molar-refractivity contribution in [3.63, 3.8) is 0 Å². The van der Waals surface area contributed by atoms with E-state index in [1.54, 1.807) is 37.5 Å². The van der Waals surface area contributed by atoms with Gasteiger partial charge in [-0.2, -0.15) is 0 Å². The number of benzene rings is 1. The molecule has 0 bridgehead atoms. The van der Waals surface area contributed by atoms with Crippen molar-refractivity contribution in [2.75, 3.05) is 6.61 Å². The number of carbonyl (C=O) groups excluding carboxylic acids is 1. The quantitative estimate of drug-likeness (QED) is 0.641. The molecule has 0 saturated heterocycles. The third-order valence-corrected chi connectivity index (χ3v) is 2.84. The number of nitrogens with zero attached hydrogens (tertiary/aromatic N) is 2. The summed E-state index contributed by atoms with van der Waals surface area (Å²) in [5.74, 6) is -0.435. The summed E-state index contributed by atoms with van der Waals surface area (Å²) in [5, 5.41) is 0.608. The van der Waals surface area contributed by atoms with E-state index in [-0.39, 0.29) is 5.28 Å². The van der Waals surface area contributed by atoms with E-state index in [1.807, 2.05) is 0 Å². The van der Waals surface area contributed by atoms with Gasteiger partial charge in [-0.15, -0.1) is 0 Å². The molecule has 0 N–H and O–H groups in total. The molecule has 0 amide bonds. The first-order valence-electron chi connectivity index (χ1n) is 5.56. The largest absolute Gasteiger partial charge is 0.462 e. The van der Waals surface area contributed by atoms with E-state index < -0.39 is 5.97 Å². The number of halogens is 2. The lowest BCUT2D eigenvalue weighted by Crippen LogP contribution is -2.06. The van der Waals surface area contributed by atoms with E-state index in [0.717, 1.165) is 0 Å². The van der Waals surface area contributed by atoms with Gasteiger partial charge >= 0.3 is 5.97 Å². The summed E-state index contributed by atoms with van der Waals surface area (Å²) in [6, 6.07) is 4.97. The van der Waals surface area contributed by atoms with Gasteiger partial charge in [0.25, 0.3) is 0 Å². The topological polar surface area (TPSA) is 52.1 Å². The molecule has 0 aliphatic heterocycles. The van der Waals surface area contributed by atoms with Crippen LogP contribution in [0.25, 0.3) is 11.1 Å². The second kappa shape index (κ2) is 5.99. The molecular formula is C13H10Cl2N2O2. The summed E-state index contributed by atoms with van der Waals surface area (Å²) in [5.41, 5.74) is 1.70. The van der Waals surface area contributed by atoms with Crippen molar-refractivity contribution in [3.05, 3.63) is 46.5 Å². The minimum absolute atomic E-state index is 0.149. The molecule has 98 valence electrons. The Labute approximate surface area is 120 Å². The molecule has 0 unspecified atom stereocenters. The van der Waals surface area contributed by atoms with Gasteiger partial charge in [-0.25, -0.2) is 14.8 Å².